The molecule has 0 aliphatic carbocycles. The van der Waals surface area contributed by atoms with Crippen molar-refractivity contribution in [2.24, 2.45) is 0 Å². The molecule has 0 saturated heterocycles. The van der Waals surface area contributed by atoms with Crippen LogP contribution in [0.4, 0.5) is 0 Å². The molecule has 0 amide bonds. The van der Waals surface area contributed by atoms with Crippen molar-refractivity contribution >= 4 is 23.6 Å². The molecule has 0 spiro atoms. The van der Waals surface area contributed by atoms with Crippen LogP contribution in [0.2, 0.25) is 3.48 Å². The summed E-state index contributed by atoms with van der Waals surface area (Å²) in [6.45, 7) is 0. The van der Waals surface area contributed by atoms with Gasteiger partial charge in [0.2, 0.25) is 0 Å². The summed E-state index contributed by atoms with van der Waals surface area (Å²) in [5.74, 6) is -1.18. The molecule has 0 N–H and O–H groups in total. The average molecular weight is 598 g/mol. The Hall–Kier alpha value is -2.52. The van der Waals surface area contributed by atoms with Crippen LogP contribution in [0.5, 0.6) is 5.75 Å². The van der Waals surface area contributed by atoms with E-state index in [-0.39, 0.29) is 0 Å². The summed E-state index contributed by atoms with van der Waals surface area (Å²) in [5.41, 5.74) is 1.06. The van der Waals surface area contributed by atoms with Crippen molar-refractivity contribution in [3.63, 3.8) is 0 Å². The summed E-state index contributed by atoms with van der Waals surface area (Å²) in [6, 6.07) is 15.6. The van der Waals surface area contributed by atoms with E-state index in [9.17, 15) is 20.2 Å². The summed E-state index contributed by atoms with van der Waals surface area (Å²) in [4.78, 5) is 22.2. The Morgan fingerprint density at radius 2 is 1.48 bits per heavy atom. The normalized spacial score (nSPS) is 19.4. The van der Waals surface area contributed by atoms with Crippen molar-refractivity contribution in [1.29, 1.82) is 0 Å². The van der Waals surface area contributed by atoms with Gasteiger partial charge in [-0.3, -0.25) is 0 Å². The first-order valence-electron chi connectivity index (χ1n) is 8.46. The molecule has 11 nitrogen and oxygen atoms in total. The van der Waals surface area contributed by atoms with Crippen molar-refractivity contribution < 1.29 is 30.0 Å². The molecule has 0 saturated carbocycles. The van der Waals surface area contributed by atoms with Crippen molar-refractivity contribution in [1.82, 2.24) is 0 Å². The Bertz CT molecular complexity index is 862. The molecule has 0 fully saturated rings. The third-order valence-corrected chi connectivity index (χ3v) is 13.0. The fourth-order valence-electron chi connectivity index (χ4n) is 3.58. The summed E-state index contributed by atoms with van der Waals surface area (Å²) in [6.07, 6.45) is -0.891. The van der Waals surface area contributed by atoms with Crippen LogP contribution in [0, 0.1) is 20.2 Å². The summed E-state index contributed by atoms with van der Waals surface area (Å²) in [7, 11) is 2.70. The van der Waals surface area contributed by atoms with Gasteiger partial charge in [0, 0.05) is 0 Å². The molecule has 1 heterocycles. The zero-order valence-electron chi connectivity index (χ0n) is 15.5. The first-order valence-corrected chi connectivity index (χ1v) is 14.7. The number of benzene rings is 2. The molecule has 12 heteroatoms. The van der Waals surface area contributed by atoms with Crippen molar-refractivity contribution in [3.05, 3.63) is 86.0 Å². The van der Waals surface area contributed by atoms with E-state index in [1.807, 2.05) is 0 Å². The summed E-state index contributed by atoms with van der Waals surface area (Å²) < 4.78 is 26.0. The molecular formula is C17H17N2O9Tl. The molecule has 2 aromatic rings. The molecule has 0 radical (unpaired) electrons. The minimum atomic E-state index is -4.80. The van der Waals surface area contributed by atoms with E-state index in [1.165, 1.54) is 14.2 Å². The number of nitrogens with zero attached hydrogens (tertiary/aromatic N) is 2. The van der Waals surface area contributed by atoms with Crippen molar-refractivity contribution in [2.75, 3.05) is 14.2 Å². The molecule has 1 aliphatic heterocycles. The Morgan fingerprint density at radius 3 is 2.03 bits per heavy atom. The number of rotatable bonds is 8. The number of methoxy groups -OCH3 is 2. The van der Waals surface area contributed by atoms with Crippen LogP contribution in [0.3, 0.4) is 0 Å². The predicted octanol–water partition coefficient (Wildman–Crippen LogP) is 2.54. The van der Waals surface area contributed by atoms with Crippen LogP contribution >= 0.6 is 0 Å². The molecule has 2 unspecified atom stereocenters. The Morgan fingerprint density at radius 1 is 0.931 bits per heavy atom. The SMILES string of the molecule is COC1(OC)c2ccccc2OC(c2ccccc2)[CH]1[Tl]([O][N+](=O)[O-])[O][N+](=O)[O-]. The number of hydrogen-bond donors (Lipinski definition) is 0. The number of hydrogen-bond acceptors (Lipinski definition) is 9. The maximum absolute atomic E-state index is 11.1. The van der Waals surface area contributed by atoms with Crippen molar-refractivity contribution in [2.45, 2.75) is 15.4 Å². The van der Waals surface area contributed by atoms with Gasteiger partial charge in [-0.15, -0.1) is 0 Å². The second-order valence-electron chi connectivity index (χ2n) is 6.07. The van der Waals surface area contributed by atoms with Gasteiger partial charge in [-0.05, 0) is 0 Å². The van der Waals surface area contributed by atoms with E-state index in [0.29, 0.717) is 16.9 Å². The zero-order chi connectivity index (χ0) is 21.0. The molecule has 3 rings (SSSR count). The molecule has 0 bridgehead atoms. The Kier molecular flexibility index (Phi) is 6.49. The number of para-hydroxylation sites is 1. The van der Waals surface area contributed by atoms with Gasteiger partial charge >= 0.3 is 175 Å². The van der Waals surface area contributed by atoms with E-state index in [2.05, 4.69) is 0 Å². The van der Waals surface area contributed by atoms with Crippen LogP contribution in [0.25, 0.3) is 0 Å². The predicted molar refractivity (Wildman–Crippen MR) is 97.6 cm³/mol. The zero-order valence-corrected chi connectivity index (χ0v) is 20.0. The van der Waals surface area contributed by atoms with Gasteiger partial charge in [0.15, 0.2) is 0 Å². The van der Waals surface area contributed by atoms with Crippen molar-refractivity contribution in [3.8, 4) is 5.75 Å². The molecular weight excluding hydrogens is 581 g/mol. The molecule has 2 aromatic carbocycles. The van der Waals surface area contributed by atoms with E-state index in [1.54, 1.807) is 54.6 Å². The monoisotopic (exact) mass is 598 g/mol. The van der Waals surface area contributed by atoms with Gasteiger partial charge in [-0.2, -0.15) is 0 Å². The molecule has 152 valence electrons. The second-order valence-corrected chi connectivity index (χ2v) is 13.4. The fraction of sp³-hybridized carbons (Fsp3) is 0.294. The molecule has 2 atom stereocenters. The van der Waals surface area contributed by atoms with Gasteiger partial charge in [0.25, 0.3) is 0 Å². The minimum absolute atomic E-state index is 0.427. The van der Waals surface area contributed by atoms with Crippen LogP contribution < -0.4 is 4.74 Å². The van der Waals surface area contributed by atoms with Gasteiger partial charge in [0.05, 0.1) is 0 Å². The van der Waals surface area contributed by atoms with Crippen LogP contribution in [-0.2, 0) is 20.8 Å². The van der Waals surface area contributed by atoms with Gasteiger partial charge in [0.1, 0.15) is 0 Å². The van der Waals surface area contributed by atoms with Gasteiger partial charge < -0.3 is 0 Å². The quantitative estimate of drug-likeness (QED) is 0.195. The van der Waals surface area contributed by atoms with Gasteiger partial charge in [-0.1, -0.05) is 0 Å². The van der Waals surface area contributed by atoms with E-state index < -0.39 is 49.2 Å². The molecule has 29 heavy (non-hydrogen) atoms. The molecule has 1 aliphatic rings. The number of fused-ring (bicyclic) bond motifs is 1. The third-order valence-electron chi connectivity index (χ3n) is 4.69. The first kappa shape index (κ1) is 21.2. The second kappa shape index (κ2) is 8.88. The average Bonchev–Trinajstić information content (AvgIpc) is 2.71. The number of ether oxygens (including phenoxy) is 3. The fourth-order valence-corrected chi connectivity index (χ4v) is 11.5. The topological polar surface area (TPSA) is 132 Å². The molecule has 0 aromatic heterocycles. The third kappa shape index (κ3) is 4.11. The summed E-state index contributed by atoms with van der Waals surface area (Å²) >= 11 is -4.80. The summed E-state index contributed by atoms with van der Waals surface area (Å²) in [5, 5.41) is 20.1. The first-order chi connectivity index (χ1) is 13.9. The van der Waals surface area contributed by atoms with Crippen LogP contribution in [-0.4, -0.2) is 48.0 Å². The maximum atomic E-state index is 11.1. The standard InChI is InChI=1S/C17H17O3.2NO3.Tl/c1-18-17(19-2)12-16(13-8-4-3-5-9-13)20-15-11-7-6-10-14(15)17;2*2-1(3)4;/h3-12,16H,1-2H3;;;/q;2*-1;+2. The Labute approximate surface area is 174 Å². The van der Waals surface area contributed by atoms with Gasteiger partial charge in [-0.25, -0.2) is 0 Å². The van der Waals surface area contributed by atoms with E-state index in [0.717, 1.165) is 0 Å². The Balaban J connectivity index is 2.23. The van der Waals surface area contributed by atoms with Crippen LogP contribution in [0.1, 0.15) is 17.2 Å². The van der Waals surface area contributed by atoms with Crippen LogP contribution in [0.15, 0.2) is 54.6 Å². The van der Waals surface area contributed by atoms with E-state index in [4.69, 9.17) is 19.8 Å². The van der Waals surface area contributed by atoms with E-state index >= 15 is 0 Å².